The first-order valence-corrected chi connectivity index (χ1v) is 10.6. The third kappa shape index (κ3) is 9.01. The minimum atomic E-state index is 0. The van der Waals surface area contributed by atoms with Crippen LogP contribution in [0.1, 0.15) is 30.7 Å². The summed E-state index contributed by atoms with van der Waals surface area (Å²) in [6.07, 6.45) is 0. The fourth-order valence-corrected chi connectivity index (χ4v) is 3.13. The van der Waals surface area contributed by atoms with Crippen molar-refractivity contribution in [3.05, 3.63) is 57.3 Å². The summed E-state index contributed by atoms with van der Waals surface area (Å²) >= 11 is 12.2. The van der Waals surface area contributed by atoms with E-state index in [0.29, 0.717) is 49.7 Å². The van der Waals surface area contributed by atoms with Crippen molar-refractivity contribution in [1.82, 2.24) is 15.2 Å². The highest BCUT2D eigenvalue weighted by molar-refractivity contribution is 14.0. The molecule has 0 atom stereocenters. The highest BCUT2D eigenvalue weighted by Gasteiger charge is 2.09. The lowest BCUT2D eigenvalue weighted by Gasteiger charge is -2.12. The van der Waals surface area contributed by atoms with Crippen LogP contribution in [0.15, 0.2) is 35.3 Å². The molecule has 0 aliphatic carbocycles. The van der Waals surface area contributed by atoms with Crippen LogP contribution in [0.4, 0.5) is 0 Å². The fraction of sp³-hybridized carbons (Fsp3) is 0.476. The van der Waals surface area contributed by atoms with E-state index in [4.69, 9.17) is 32.7 Å². The maximum atomic E-state index is 6.13. The van der Waals surface area contributed by atoms with Crippen LogP contribution in [0.5, 0.6) is 0 Å². The Kier molecular flexibility index (Phi) is 13.4. The molecular formula is C21H31Cl2IN4O2. The first-order chi connectivity index (χ1) is 14.0. The van der Waals surface area contributed by atoms with Gasteiger partial charge in [0.2, 0.25) is 0 Å². The van der Waals surface area contributed by atoms with Crippen LogP contribution in [0, 0.1) is 0 Å². The number of nitrogens with one attached hydrogen (secondary N) is 2. The van der Waals surface area contributed by atoms with Crippen LogP contribution in [-0.2, 0) is 36.2 Å². The van der Waals surface area contributed by atoms with E-state index in [0.717, 1.165) is 29.3 Å². The average Bonchev–Trinajstić information content (AvgIpc) is 2.97. The summed E-state index contributed by atoms with van der Waals surface area (Å²) < 4.78 is 12.8. The summed E-state index contributed by atoms with van der Waals surface area (Å²) in [5.41, 5.74) is 3.23. The number of guanidine groups is 1. The lowest BCUT2D eigenvalue weighted by atomic mass is 10.1. The van der Waals surface area contributed by atoms with E-state index in [9.17, 15) is 0 Å². The minimum absolute atomic E-state index is 0. The molecule has 1 aromatic heterocycles. The minimum Gasteiger partial charge on any atom is -0.379 e. The molecule has 0 spiro atoms. The Morgan fingerprint density at radius 2 is 1.80 bits per heavy atom. The zero-order valence-electron chi connectivity index (χ0n) is 17.7. The second-order valence-corrected chi connectivity index (χ2v) is 7.22. The molecule has 0 unspecified atom stereocenters. The first kappa shape index (κ1) is 27.0. The van der Waals surface area contributed by atoms with Gasteiger partial charge in [-0.15, -0.1) is 24.0 Å². The zero-order valence-corrected chi connectivity index (χ0v) is 21.6. The van der Waals surface area contributed by atoms with Crippen molar-refractivity contribution >= 4 is 53.1 Å². The van der Waals surface area contributed by atoms with Crippen LogP contribution in [-0.4, -0.2) is 36.9 Å². The van der Waals surface area contributed by atoms with Gasteiger partial charge in [-0.05, 0) is 31.0 Å². The van der Waals surface area contributed by atoms with Crippen molar-refractivity contribution < 1.29 is 9.47 Å². The zero-order chi connectivity index (χ0) is 21.1. The van der Waals surface area contributed by atoms with Gasteiger partial charge in [0.25, 0.3) is 0 Å². The van der Waals surface area contributed by atoms with E-state index in [1.54, 1.807) is 0 Å². The molecule has 0 aliphatic heterocycles. The van der Waals surface area contributed by atoms with E-state index in [1.165, 1.54) is 0 Å². The molecular weight excluding hydrogens is 538 g/mol. The summed E-state index contributed by atoms with van der Waals surface area (Å²) in [4.78, 5) is 4.68. The van der Waals surface area contributed by atoms with Gasteiger partial charge in [-0.3, -0.25) is 0 Å². The Bertz CT molecular complexity index is 799. The number of aromatic nitrogens is 1. The maximum Gasteiger partial charge on any atom is 0.191 e. The summed E-state index contributed by atoms with van der Waals surface area (Å²) in [7, 11) is 1.89. The number of ether oxygens (including phenoxy) is 2. The van der Waals surface area contributed by atoms with E-state index in [1.807, 2.05) is 37.6 Å². The molecule has 30 heavy (non-hydrogen) atoms. The smallest absolute Gasteiger partial charge is 0.191 e. The quantitative estimate of drug-likeness (QED) is 0.178. The van der Waals surface area contributed by atoms with Crippen LogP contribution in [0.2, 0.25) is 10.2 Å². The molecule has 0 fully saturated rings. The van der Waals surface area contributed by atoms with Crippen LogP contribution >= 0.6 is 47.2 Å². The van der Waals surface area contributed by atoms with Crippen molar-refractivity contribution in [2.75, 3.05) is 26.4 Å². The third-order valence-electron chi connectivity index (χ3n) is 4.25. The summed E-state index contributed by atoms with van der Waals surface area (Å²) in [5.74, 6) is 0.735. The first-order valence-electron chi connectivity index (χ1n) is 9.80. The number of hydrogen-bond acceptors (Lipinski definition) is 3. The third-order valence-corrected chi connectivity index (χ3v) is 5.09. The van der Waals surface area contributed by atoms with Crippen LogP contribution < -0.4 is 10.6 Å². The predicted molar refractivity (Wildman–Crippen MR) is 135 cm³/mol. The second kappa shape index (κ2) is 14.9. The molecule has 9 heteroatoms. The van der Waals surface area contributed by atoms with Crippen LogP contribution in [0.25, 0.3) is 0 Å². The SMILES string of the molecule is CCNC(=NCc1cccc(COCCOCC)c1)NCc1cc(Cl)c(Cl)n1C.I. The molecule has 0 amide bonds. The number of nitrogens with zero attached hydrogens (tertiary/aromatic N) is 2. The van der Waals surface area contributed by atoms with Gasteiger partial charge in [0.05, 0.1) is 37.9 Å². The molecule has 0 saturated carbocycles. The molecule has 6 nitrogen and oxygen atoms in total. The Morgan fingerprint density at radius 3 is 2.47 bits per heavy atom. The van der Waals surface area contributed by atoms with Crippen molar-refractivity contribution in [2.45, 2.75) is 33.5 Å². The van der Waals surface area contributed by atoms with Crippen molar-refractivity contribution in [3.8, 4) is 0 Å². The number of aliphatic imine (C=N–C) groups is 1. The lowest BCUT2D eigenvalue weighted by Crippen LogP contribution is -2.37. The molecule has 0 bridgehead atoms. The van der Waals surface area contributed by atoms with E-state index >= 15 is 0 Å². The van der Waals surface area contributed by atoms with Gasteiger partial charge < -0.3 is 24.7 Å². The molecule has 2 N–H and O–H groups in total. The summed E-state index contributed by atoms with van der Waals surface area (Å²) in [6.45, 7) is 8.42. The highest BCUT2D eigenvalue weighted by Crippen LogP contribution is 2.24. The van der Waals surface area contributed by atoms with E-state index in [-0.39, 0.29) is 24.0 Å². The maximum absolute atomic E-state index is 6.13. The molecule has 168 valence electrons. The van der Waals surface area contributed by atoms with Gasteiger partial charge in [-0.2, -0.15) is 0 Å². The van der Waals surface area contributed by atoms with E-state index < -0.39 is 0 Å². The lowest BCUT2D eigenvalue weighted by molar-refractivity contribution is 0.0453. The van der Waals surface area contributed by atoms with Crippen molar-refractivity contribution in [2.24, 2.45) is 12.0 Å². The van der Waals surface area contributed by atoms with Gasteiger partial charge in [-0.25, -0.2) is 4.99 Å². The Labute approximate surface area is 206 Å². The molecule has 2 aromatic rings. The van der Waals surface area contributed by atoms with E-state index in [2.05, 4.69) is 33.8 Å². The average molecular weight is 569 g/mol. The number of halogens is 3. The molecule has 1 aromatic carbocycles. The predicted octanol–water partition coefficient (Wildman–Crippen LogP) is 4.76. The van der Waals surface area contributed by atoms with Gasteiger partial charge >= 0.3 is 0 Å². The normalized spacial score (nSPS) is 11.3. The van der Waals surface area contributed by atoms with Gasteiger partial charge in [0, 0.05) is 25.9 Å². The van der Waals surface area contributed by atoms with Gasteiger partial charge in [0.15, 0.2) is 5.96 Å². The number of hydrogen-bond donors (Lipinski definition) is 2. The second-order valence-electron chi connectivity index (χ2n) is 6.45. The fourth-order valence-electron chi connectivity index (χ4n) is 2.71. The molecule has 1 heterocycles. The highest BCUT2D eigenvalue weighted by atomic mass is 127. The Hall–Kier alpha value is -1.000. The molecule has 0 radical (unpaired) electrons. The topological polar surface area (TPSA) is 59.8 Å². The van der Waals surface area contributed by atoms with Gasteiger partial charge in [-0.1, -0.05) is 47.5 Å². The number of rotatable bonds is 11. The standard InChI is InChI=1S/C21H30Cl2N4O2.HI/c1-4-24-21(26-14-18-12-19(22)20(23)27(18)3)25-13-16-7-6-8-17(11-16)15-29-10-9-28-5-2;/h6-8,11-12H,4-5,9-10,13-15H2,1-3H3,(H2,24,25,26);1H. The molecule has 0 aliphatic rings. The van der Waals surface area contributed by atoms with Crippen molar-refractivity contribution in [1.29, 1.82) is 0 Å². The van der Waals surface area contributed by atoms with Crippen LogP contribution in [0.3, 0.4) is 0 Å². The number of benzene rings is 1. The molecule has 2 rings (SSSR count). The van der Waals surface area contributed by atoms with Crippen molar-refractivity contribution in [3.63, 3.8) is 0 Å². The summed E-state index contributed by atoms with van der Waals surface area (Å²) in [5, 5.41) is 7.66. The monoisotopic (exact) mass is 568 g/mol. The molecule has 0 saturated heterocycles. The Balaban J connectivity index is 0.00000450. The largest absolute Gasteiger partial charge is 0.379 e. The summed E-state index contributed by atoms with van der Waals surface area (Å²) in [6, 6.07) is 10.1. The Morgan fingerprint density at radius 1 is 1.07 bits per heavy atom. The van der Waals surface area contributed by atoms with Gasteiger partial charge in [0.1, 0.15) is 5.15 Å².